The van der Waals surface area contributed by atoms with Gasteiger partial charge in [0.05, 0.1) is 11.0 Å². The largest absolute Gasteiger partial charge is 0.484 e. The lowest BCUT2D eigenvalue weighted by Crippen LogP contribution is -2.21. The Kier molecular flexibility index (Phi) is 7.83. The highest BCUT2D eigenvalue weighted by atomic mass is 35.5. The van der Waals surface area contributed by atoms with Crippen molar-refractivity contribution in [1.29, 1.82) is 0 Å². The molecule has 5 rings (SSSR count). The molecule has 0 saturated heterocycles. The molecular formula is C29H29ClN6O2S. The molecule has 2 aromatic carbocycles. The summed E-state index contributed by atoms with van der Waals surface area (Å²) in [5, 5.41) is 4.74. The molecule has 0 radical (unpaired) electrons. The van der Waals surface area contributed by atoms with Gasteiger partial charge in [0.25, 0.3) is 5.91 Å². The Balaban J connectivity index is 1.42. The molecule has 0 aliphatic rings. The topological polar surface area (TPSA) is 98.3 Å². The number of carbonyl (C=O) groups excluding carboxylic acids is 1. The number of fused-ring (bicyclic) bond motifs is 1. The minimum Gasteiger partial charge on any atom is -0.484 e. The van der Waals surface area contributed by atoms with Crippen LogP contribution in [0.25, 0.3) is 27.2 Å². The fraction of sp³-hybridized carbons (Fsp3) is 0.207. The zero-order valence-electron chi connectivity index (χ0n) is 21.9. The SMILES string of the molecule is C[C@@H](Oc1cc(-n2cnc3cc(-c4ccnc(NCCN(C)C)c4)ccc32)sc1C(N)=O)c1ccccc1Cl. The maximum absolute atomic E-state index is 12.3. The van der Waals surface area contributed by atoms with Gasteiger partial charge in [0.1, 0.15) is 33.9 Å². The van der Waals surface area contributed by atoms with Gasteiger partial charge >= 0.3 is 0 Å². The number of nitrogens with two attached hydrogens (primary N) is 1. The molecule has 0 saturated carbocycles. The lowest BCUT2D eigenvalue weighted by Gasteiger charge is -2.16. The number of aromatic nitrogens is 3. The zero-order chi connectivity index (χ0) is 27.5. The number of pyridine rings is 1. The summed E-state index contributed by atoms with van der Waals surface area (Å²) >= 11 is 7.61. The number of thiophene rings is 1. The van der Waals surface area contributed by atoms with E-state index in [1.54, 1.807) is 12.5 Å². The Labute approximate surface area is 236 Å². The van der Waals surface area contributed by atoms with Crippen LogP contribution >= 0.6 is 22.9 Å². The first-order chi connectivity index (χ1) is 18.8. The van der Waals surface area contributed by atoms with Crippen molar-refractivity contribution in [2.24, 2.45) is 5.73 Å². The molecule has 3 heterocycles. The number of hydrogen-bond acceptors (Lipinski definition) is 7. The van der Waals surface area contributed by atoms with E-state index in [1.165, 1.54) is 11.3 Å². The molecule has 0 spiro atoms. The van der Waals surface area contributed by atoms with Gasteiger partial charge in [-0.25, -0.2) is 9.97 Å². The summed E-state index contributed by atoms with van der Waals surface area (Å²) in [6.45, 7) is 3.62. The normalized spacial score (nSPS) is 12.1. The van der Waals surface area contributed by atoms with E-state index in [9.17, 15) is 4.79 Å². The van der Waals surface area contributed by atoms with Crippen LogP contribution in [0.15, 0.2) is 73.2 Å². The summed E-state index contributed by atoms with van der Waals surface area (Å²) in [6, 6.07) is 19.4. The molecule has 3 N–H and O–H groups in total. The van der Waals surface area contributed by atoms with Crippen LogP contribution in [0.5, 0.6) is 5.75 Å². The number of benzene rings is 2. The molecule has 8 nitrogen and oxygen atoms in total. The number of hydrogen-bond donors (Lipinski definition) is 2. The van der Waals surface area contributed by atoms with E-state index < -0.39 is 5.91 Å². The van der Waals surface area contributed by atoms with Gasteiger partial charge in [-0.05, 0) is 62.5 Å². The minimum absolute atomic E-state index is 0.341. The van der Waals surface area contributed by atoms with Gasteiger partial charge in [-0.3, -0.25) is 9.36 Å². The van der Waals surface area contributed by atoms with Gasteiger partial charge in [0.2, 0.25) is 0 Å². The van der Waals surface area contributed by atoms with Crippen molar-refractivity contribution in [3.63, 3.8) is 0 Å². The Morgan fingerprint density at radius 1 is 1.13 bits per heavy atom. The number of rotatable bonds is 10. The van der Waals surface area contributed by atoms with E-state index in [1.807, 2.05) is 80.2 Å². The fourth-order valence-corrected chi connectivity index (χ4v) is 5.50. The van der Waals surface area contributed by atoms with Crippen LogP contribution in [-0.4, -0.2) is 52.5 Å². The maximum atomic E-state index is 12.3. The Morgan fingerprint density at radius 3 is 2.69 bits per heavy atom. The number of amides is 1. The summed E-state index contributed by atoms with van der Waals surface area (Å²) in [4.78, 5) is 23.8. The summed E-state index contributed by atoms with van der Waals surface area (Å²) in [5.74, 6) is 0.697. The lowest BCUT2D eigenvalue weighted by molar-refractivity contribution is 0.0998. The molecule has 10 heteroatoms. The number of imidazole rings is 1. The highest BCUT2D eigenvalue weighted by Gasteiger charge is 2.21. The highest BCUT2D eigenvalue weighted by Crippen LogP contribution is 2.37. The van der Waals surface area contributed by atoms with Crippen molar-refractivity contribution in [3.05, 3.63) is 88.7 Å². The highest BCUT2D eigenvalue weighted by molar-refractivity contribution is 7.16. The van der Waals surface area contributed by atoms with Gasteiger partial charge in [-0.1, -0.05) is 35.9 Å². The zero-order valence-corrected chi connectivity index (χ0v) is 23.5. The van der Waals surface area contributed by atoms with E-state index in [2.05, 4.69) is 26.3 Å². The number of nitrogens with one attached hydrogen (secondary N) is 1. The third-order valence-corrected chi connectivity index (χ3v) is 7.77. The van der Waals surface area contributed by atoms with Crippen LogP contribution in [0.1, 0.15) is 28.3 Å². The fourth-order valence-electron chi connectivity index (χ4n) is 4.28. The quantitative estimate of drug-likeness (QED) is 0.217. The van der Waals surface area contributed by atoms with E-state index in [-0.39, 0.29) is 6.10 Å². The van der Waals surface area contributed by atoms with Crippen LogP contribution in [0.2, 0.25) is 5.02 Å². The Morgan fingerprint density at radius 2 is 1.92 bits per heavy atom. The first kappa shape index (κ1) is 26.7. The third-order valence-electron chi connectivity index (χ3n) is 6.30. The van der Waals surface area contributed by atoms with E-state index >= 15 is 0 Å². The van der Waals surface area contributed by atoms with Gasteiger partial charge < -0.3 is 20.7 Å². The maximum Gasteiger partial charge on any atom is 0.262 e. The van der Waals surface area contributed by atoms with Crippen LogP contribution in [0.4, 0.5) is 5.82 Å². The molecule has 1 atom stereocenters. The second-order valence-electron chi connectivity index (χ2n) is 9.40. The van der Waals surface area contributed by atoms with Gasteiger partial charge in [-0.15, -0.1) is 11.3 Å². The second kappa shape index (κ2) is 11.4. The van der Waals surface area contributed by atoms with Crippen molar-refractivity contribution in [3.8, 4) is 21.9 Å². The first-order valence-corrected chi connectivity index (χ1v) is 13.7. The molecule has 1 amide bonds. The van der Waals surface area contributed by atoms with Crippen LogP contribution in [0.3, 0.4) is 0 Å². The molecule has 0 bridgehead atoms. The molecule has 0 unspecified atom stereocenters. The van der Waals surface area contributed by atoms with E-state index in [4.69, 9.17) is 22.1 Å². The number of carbonyl (C=O) groups is 1. The summed E-state index contributed by atoms with van der Waals surface area (Å²) in [7, 11) is 4.08. The van der Waals surface area contributed by atoms with Crippen LogP contribution in [-0.2, 0) is 0 Å². The summed E-state index contributed by atoms with van der Waals surface area (Å²) < 4.78 is 8.10. The average molecular weight is 561 g/mol. The Bertz CT molecular complexity index is 1630. The van der Waals surface area contributed by atoms with E-state index in [0.717, 1.165) is 51.6 Å². The molecule has 0 fully saturated rings. The molecule has 3 aromatic heterocycles. The monoisotopic (exact) mass is 560 g/mol. The number of likely N-dealkylation sites (N-methyl/N-ethyl adjacent to an activating group) is 1. The van der Waals surface area contributed by atoms with Gasteiger partial charge in [-0.2, -0.15) is 0 Å². The number of halogens is 1. The van der Waals surface area contributed by atoms with Crippen LogP contribution < -0.4 is 15.8 Å². The summed E-state index contributed by atoms with van der Waals surface area (Å²) in [6.07, 6.45) is 3.18. The number of anilines is 1. The number of ether oxygens (including phenoxy) is 1. The van der Waals surface area contributed by atoms with E-state index in [0.29, 0.717) is 15.6 Å². The minimum atomic E-state index is -0.549. The van der Waals surface area contributed by atoms with Crippen molar-refractivity contribution in [2.75, 3.05) is 32.5 Å². The van der Waals surface area contributed by atoms with Crippen molar-refractivity contribution in [1.82, 2.24) is 19.4 Å². The molecule has 5 aromatic rings. The molecular weight excluding hydrogens is 532 g/mol. The number of primary amides is 1. The summed E-state index contributed by atoms with van der Waals surface area (Å²) in [5.41, 5.74) is 10.3. The number of nitrogens with zero attached hydrogens (tertiary/aromatic N) is 4. The first-order valence-electron chi connectivity index (χ1n) is 12.5. The molecule has 39 heavy (non-hydrogen) atoms. The average Bonchev–Trinajstić information content (AvgIpc) is 3.52. The van der Waals surface area contributed by atoms with Crippen molar-refractivity contribution < 1.29 is 9.53 Å². The predicted molar refractivity (Wildman–Crippen MR) is 158 cm³/mol. The van der Waals surface area contributed by atoms with Gasteiger partial charge in [0, 0.05) is 35.9 Å². The third kappa shape index (κ3) is 5.90. The van der Waals surface area contributed by atoms with Crippen LogP contribution in [0, 0.1) is 0 Å². The molecule has 0 aliphatic carbocycles. The smallest absolute Gasteiger partial charge is 0.262 e. The Hall–Kier alpha value is -3.92. The van der Waals surface area contributed by atoms with Crippen molar-refractivity contribution >= 4 is 45.7 Å². The standard InChI is InChI=1S/C29H29ClN6O2S/c1-18(21-6-4-5-7-22(21)30)38-25-16-27(39-28(25)29(31)37)36-17-34-23-14-19(8-9-24(23)36)20-10-11-32-26(15-20)33-12-13-35(2)3/h4-11,14-18H,12-13H2,1-3H3,(H2,31,37)(H,32,33)/t18-/m1/s1. The van der Waals surface area contributed by atoms with Crippen molar-refractivity contribution in [2.45, 2.75) is 13.0 Å². The molecule has 0 aliphatic heterocycles. The lowest BCUT2D eigenvalue weighted by atomic mass is 10.1. The second-order valence-corrected chi connectivity index (χ2v) is 10.8. The predicted octanol–water partition coefficient (Wildman–Crippen LogP) is 6.01. The van der Waals surface area contributed by atoms with Gasteiger partial charge in [0.15, 0.2) is 0 Å². The molecule has 200 valence electrons.